The molecule has 0 amide bonds. The Morgan fingerprint density at radius 1 is 0.410 bits per heavy atom. The fourth-order valence-corrected chi connectivity index (χ4v) is 9.77. The lowest BCUT2D eigenvalue weighted by Gasteiger charge is -2.18. The Kier molecular flexibility index (Phi) is 10.6. The van der Waals surface area contributed by atoms with Crippen molar-refractivity contribution in [1.29, 1.82) is 0 Å². The predicted octanol–water partition coefficient (Wildman–Crippen LogP) is 15.0. The Morgan fingerprint density at radius 3 is 1.64 bits per heavy atom. The molecule has 8 aromatic rings. The second kappa shape index (κ2) is 16.9. The van der Waals surface area contributed by atoms with Crippen molar-refractivity contribution < 1.29 is 0 Å². The SMILES string of the molecule is CCC1C=C(c2ccccc2)N=C(c2ccc3c(c2)sc2ccccc23)C=C1c1cccc(-c2cccc(C3=NC(c4ccccc4)=NC(c4ccccc4)=CC3CC)c2)c1. The number of hydrogen-bond donors (Lipinski definition) is 0. The third-order valence-electron chi connectivity index (χ3n) is 11.9. The number of nitrogens with zero attached hydrogens (tertiary/aromatic N) is 3. The maximum absolute atomic E-state index is 5.45. The Morgan fingerprint density at radius 2 is 0.951 bits per heavy atom. The quantitative estimate of drug-likeness (QED) is 0.139. The average Bonchev–Trinajstić information content (AvgIpc) is 3.44. The maximum Gasteiger partial charge on any atom is 0.160 e. The molecule has 294 valence electrons. The van der Waals surface area contributed by atoms with E-state index in [0.717, 1.165) is 80.4 Å². The molecule has 10 rings (SSSR count). The maximum atomic E-state index is 5.45. The molecule has 3 heterocycles. The largest absolute Gasteiger partial charge is 0.248 e. The lowest BCUT2D eigenvalue weighted by Crippen LogP contribution is -2.15. The van der Waals surface area contributed by atoms with E-state index in [-0.39, 0.29) is 11.8 Å². The van der Waals surface area contributed by atoms with Crippen LogP contribution in [0, 0.1) is 11.8 Å². The second-order valence-electron chi connectivity index (χ2n) is 15.7. The molecular weight excluding hydrogens is 759 g/mol. The highest BCUT2D eigenvalue weighted by atomic mass is 32.1. The van der Waals surface area contributed by atoms with Crippen molar-refractivity contribution in [2.24, 2.45) is 26.8 Å². The third-order valence-corrected chi connectivity index (χ3v) is 13.0. The summed E-state index contributed by atoms with van der Waals surface area (Å²) in [5.74, 6) is 0.975. The normalized spacial score (nSPS) is 16.8. The van der Waals surface area contributed by atoms with E-state index in [4.69, 9.17) is 15.0 Å². The number of thiophene rings is 1. The van der Waals surface area contributed by atoms with E-state index in [0.29, 0.717) is 0 Å². The molecule has 2 atom stereocenters. The molecule has 0 spiro atoms. The van der Waals surface area contributed by atoms with Gasteiger partial charge in [0.2, 0.25) is 0 Å². The van der Waals surface area contributed by atoms with Gasteiger partial charge in [-0.25, -0.2) is 15.0 Å². The highest BCUT2D eigenvalue weighted by molar-refractivity contribution is 7.25. The van der Waals surface area contributed by atoms with Gasteiger partial charge in [0.1, 0.15) is 0 Å². The van der Waals surface area contributed by atoms with E-state index in [1.54, 1.807) is 0 Å². The molecule has 4 heteroatoms. The summed E-state index contributed by atoms with van der Waals surface area (Å²) in [5.41, 5.74) is 14.2. The molecule has 0 N–H and O–H groups in total. The molecule has 2 aliphatic heterocycles. The zero-order chi connectivity index (χ0) is 41.1. The van der Waals surface area contributed by atoms with E-state index in [1.807, 2.05) is 17.4 Å². The molecule has 0 fully saturated rings. The van der Waals surface area contributed by atoms with Gasteiger partial charge in [-0.15, -0.1) is 11.3 Å². The predicted molar refractivity (Wildman–Crippen MR) is 262 cm³/mol. The van der Waals surface area contributed by atoms with Crippen LogP contribution in [0.15, 0.2) is 215 Å². The molecular formula is C57H45N3S. The molecule has 3 nitrogen and oxygen atoms in total. The fourth-order valence-electron chi connectivity index (χ4n) is 8.63. The summed E-state index contributed by atoms with van der Waals surface area (Å²) >= 11 is 1.85. The number of amidine groups is 1. The second-order valence-corrected chi connectivity index (χ2v) is 16.8. The zero-order valence-electron chi connectivity index (χ0n) is 34.4. The lowest BCUT2D eigenvalue weighted by molar-refractivity contribution is 0.795. The smallest absolute Gasteiger partial charge is 0.160 e. The molecule has 1 aromatic heterocycles. The van der Waals surface area contributed by atoms with Crippen LogP contribution in [0.2, 0.25) is 0 Å². The molecule has 2 unspecified atom stereocenters. The zero-order valence-corrected chi connectivity index (χ0v) is 35.2. The van der Waals surface area contributed by atoms with Crippen molar-refractivity contribution in [2.45, 2.75) is 26.7 Å². The van der Waals surface area contributed by atoms with Gasteiger partial charge in [0.05, 0.1) is 22.8 Å². The lowest BCUT2D eigenvalue weighted by atomic mass is 9.86. The highest BCUT2D eigenvalue weighted by Crippen LogP contribution is 2.39. The monoisotopic (exact) mass is 803 g/mol. The van der Waals surface area contributed by atoms with Gasteiger partial charge in [0.25, 0.3) is 0 Å². The molecule has 7 aromatic carbocycles. The standard InChI is InChI=1S/C57H45N3S/c1-3-38-34-51(40-18-8-5-9-19-40)58-53(46-30-31-49-48-28-14-15-29-54(48)61-55(49)36-46)37-50(38)45-26-16-24-43(32-45)44-25-17-27-47(33-44)56-39(4-2)35-52(41-20-10-6-11-21-41)59-57(60-56)42-22-12-7-13-23-42/h5-39H,3-4H2,1-2H3. The fraction of sp³-hybridized carbons (Fsp3) is 0.105. The number of aliphatic imine (C=N–C) groups is 3. The van der Waals surface area contributed by atoms with Crippen LogP contribution in [0.3, 0.4) is 0 Å². The van der Waals surface area contributed by atoms with Gasteiger partial charge < -0.3 is 0 Å². The van der Waals surface area contributed by atoms with Gasteiger partial charge in [-0.2, -0.15) is 0 Å². The Bertz CT molecular complexity index is 3090. The minimum absolute atomic E-state index is 0.0818. The highest BCUT2D eigenvalue weighted by Gasteiger charge is 2.23. The summed E-state index contributed by atoms with van der Waals surface area (Å²) in [6.07, 6.45) is 8.87. The van der Waals surface area contributed by atoms with Gasteiger partial charge in [0, 0.05) is 43.1 Å². The minimum Gasteiger partial charge on any atom is -0.248 e. The van der Waals surface area contributed by atoms with E-state index in [9.17, 15) is 0 Å². The topological polar surface area (TPSA) is 37.1 Å². The number of allylic oxidation sites excluding steroid dienone is 4. The van der Waals surface area contributed by atoms with E-state index in [1.165, 1.54) is 31.3 Å². The first kappa shape index (κ1) is 38.2. The average molecular weight is 804 g/mol. The molecule has 2 aliphatic rings. The molecule has 0 bridgehead atoms. The van der Waals surface area contributed by atoms with Gasteiger partial charge >= 0.3 is 0 Å². The number of fused-ring (bicyclic) bond motifs is 3. The van der Waals surface area contributed by atoms with Gasteiger partial charge in [-0.05, 0) is 88.2 Å². The van der Waals surface area contributed by atoms with Crippen LogP contribution in [0.5, 0.6) is 0 Å². The van der Waals surface area contributed by atoms with E-state index < -0.39 is 0 Å². The molecule has 0 radical (unpaired) electrons. The third kappa shape index (κ3) is 7.79. The van der Waals surface area contributed by atoms with E-state index in [2.05, 4.69) is 208 Å². The van der Waals surface area contributed by atoms with Crippen LogP contribution in [-0.2, 0) is 0 Å². The summed E-state index contributed by atoms with van der Waals surface area (Å²) in [6, 6.07) is 64.9. The molecule has 61 heavy (non-hydrogen) atoms. The number of rotatable bonds is 9. The summed E-state index contributed by atoms with van der Waals surface area (Å²) in [6.45, 7) is 4.52. The van der Waals surface area contributed by atoms with Crippen LogP contribution in [0.4, 0.5) is 0 Å². The first-order chi connectivity index (χ1) is 30.1. The summed E-state index contributed by atoms with van der Waals surface area (Å²) in [4.78, 5) is 16.0. The number of benzene rings is 7. The number of hydrogen-bond acceptors (Lipinski definition) is 4. The van der Waals surface area contributed by atoms with Crippen LogP contribution >= 0.6 is 11.3 Å². The Labute approximate surface area is 362 Å². The van der Waals surface area contributed by atoms with Crippen LogP contribution in [0.25, 0.3) is 48.3 Å². The van der Waals surface area contributed by atoms with E-state index >= 15 is 0 Å². The Balaban J connectivity index is 1.06. The minimum atomic E-state index is 0.0818. The molecule has 0 saturated heterocycles. The molecule has 0 saturated carbocycles. The summed E-state index contributed by atoms with van der Waals surface area (Å²) in [5, 5.41) is 2.60. The molecule has 0 aliphatic carbocycles. The van der Waals surface area contributed by atoms with Crippen molar-refractivity contribution >= 4 is 65.7 Å². The van der Waals surface area contributed by atoms with Crippen LogP contribution in [-0.4, -0.2) is 17.3 Å². The van der Waals surface area contributed by atoms with Crippen molar-refractivity contribution in [3.63, 3.8) is 0 Å². The summed E-state index contributed by atoms with van der Waals surface area (Å²) in [7, 11) is 0. The first-order valence-electron chi connectivity index (χ1n) is 21.3. The van der Waals surface area contributed by atoms with Gasteiger partial charge in [-0.1, -0.05) is 178 Å². The first-order valence-corrected chi connectivity index (χ1v) is 22.1. The van der Waals surface area contributed by atoms with Crippen molar-refractivity contribution in [2.75, 3.05) is 0 Å². The van der Waals surface area contributed by atoms with Gasteiger partial charge in [0.15, 0.2) is 5.84 Å². The summed E-state index contributed by atoms with van der Waals surface area (Å²) < 4.78 is 2.58. The van der Waals surface area contributed by atoms with Crippen molar-refractivity contribution in [1.82, 2.24) is 0 Å². The van der Waals surface area contributed by atoms with Crippen molar-refractivity contribution in [3.05, 3.63) is 234 Å². The van der Waals surface area contributed by atoms with Crippen LogP contribution < -0.4 is 0 Å². The van der Waals surface area contributed by atoms with Gasteiger partial charge in [-0.3, -0.25) is 0 Å². The van der Waals surface area contributed by atoms with Crippen LogP contribution in [0.1, 0.15) is 60.1 Å². The Hall–Kier alpha value is -7.01. The van der Waals surface area contributed by atoms with Crippen molar-refractivity contribution in [3.8, 4) is 11.1 Å².